The molecule has 1 amide bonds. The van der Waals surface area contributed by atoms with Gasteiger partial charge < -0.3 is 9.64 Å². The maximum Gasteiger partial charge on any atom is 0.243 e. The van der Waals surface area contributed by atoms with Crippen molar-refractivity contribution in [2.75, 3.05) is 32.1 Å². The van der Waals surface area contributed by atoms with Crippen LogP contribution < -0.4 is 9.64 Å². The summed E-state index contributed by atoms with van der Waals surface area (Å²) < 4.78 is 33.0. The van der Waals surface area contributed by atoms with Crippen molar-refractivity contribution >= 4 is 21.6 Å². The molecule has 27 heavy (non-hydrogen) atoms. The predicted octanol–water partition coefficient (Wildman–Crippen LogP) is 2.31. The van der Waals surface area contributed by atoms with Gasteiger partial charge >= 0.3 is 0 Å². The zero-order valence-corrected chi connectivity index (χ0v) is 16.4. The highest BCUT2D eigenvalue weighted by Crippen LogP contribution is 2.48. The van der Waals surface area contributed by atoms with E-state index in [-0.39, 0.29) is 17.3 Å². The van der Waals surface area contributed by atoms with Gasteiger partial charge in [-0.15, -0.1) is 0 Å². The van der Waals surface area contributed by atoms with Crippen molar-refractivity contribution in [2.24, 2.45) is 0 Å². The van der Waals surface area contributed by atoms with E-state index in [2.05, 4.69) is 0 Å². The number of fused-ring (bicyclic) bond motifs is 2. The second-order valence-electron chi connectivity index (χ2n) is 7.23. The van der Waals surface area contributed by atoms with Crippen molar-refractivity contribution < 1.29 is 17.9 Å². The summed E-state index contributed by atoms with van der Waals surface area (Å²) in [6, 6.07) is 12.4. The molecule has 0 aliphatic carbocycles. The fourth-order valence-corrected chi connectivity index (χ4v) is 5.77. The highest BCUT2D eigenvalue weighted by Gasteiger charge is 2.55. The first-order valence-electron chi connectivity index (χ1n) is 8.83. The minimum Gasteiger partial charge on any atom is -0.497 e. The van der Waals surface area contributed by atoms with Crippen molar-refractivity contribution in [3.63, 3.8) is 0 Å². The monoisotopic (exact) mass is 386 g/mol. The Morgan fingerprint density at radius 2 is 1.93 bits per heavy atom. The fourth-order valence-electron chi connectivity index (χ4n) is 4.16. The van der Waals surface area contributed by atoms with E-state index in [1.165, 1.54) is 4.31 Å². The highest BCUT2D eigenvalue weighted by atomic mass is 32.2. The number of amides is 1. The van der Waals surface area contributed by atoms with E-state index >= 15 is 0 Å². The molecule has 0 unspecified atom stereocenters. The molecule has 0 N–H and O–H groups in total. The van der Waals surface area contributed by atoms with E-state index < -0.39 is 15.4 Å². The first-order chi connectivity index (χ1) is 12.8. The molecule has 2 aromatic rings. The molecule has 4 rings (SSSR count). The molecule has 6 nitrogen and oxygen atoms in total. The van der Waals surface area contributed by atoms with E-state index in [0.717, 1.165) is 16.8 Å². The van der Waals surface area contributed by atoms with Crippen molar-refractivity contribution in [3.05, 3.63) is 53.6 Å². The van der Waals surface area contributed by atoms with Gasteiger partial charge in [0.05, 0.1) is 17.4 Å². The molecule has 1 fully saturated rings. The lowest BCUT2D eigenvalue weighted by atomic mass is 9.81. The standard InChI is InChI=1S/C20H22N2O4S/c1-14-5-4-6-16(11-14)27(24,25)22-10-9-20(13-22)17-12-15(26-3)7-8-18(17)21(2)19(20)23/h4-8,11-12H,9-10,13H2,1-3H3/t20-/m0/s1. The summed E-state index contributed by atoms with van der Waals surface area (Å²) in [4.78, 5) is 15.0. The molecule has 0 aromatic heterocycles. The third-order valence-corrected chi connectivity index (χ3v) is 7.50. The molecule has 0 radical (unpaired) electrons. The number of carbonyl (C=O) groups is 1. The smallest absolute Gasteiger partial charge is 0.243 e. The molecule has 1 spiro atoms. The minimum atomic E-state index is -3.65. The Hall–Kier alpha value is -2.38. The number of hydrogen-bond acceptors (Lipinski definition) is 4. The van der Waals surface area contributed by atoms with Crippen LogP contribution in [0.3, 0.4) is 0 Å². The normalized spacial score (nSPS) is 22.5. The van der Waals surface area contributed by atoms with Crippen LogP contribution in [0.15, 0.2) is 47.4 Å². The number of ether oxygens (including phenoxy) is 1. The van der Waals surface area contributed by atoms with Gasteiger partial charge in [0.2, 0.25) is 15.9 Å². The van der Waals surface area contributed by atoms with Gasteiger partial charge in [0, 0.05) is 25.8 Å². The Morgan fingerprint density at radius 3 is 2.63 bits per heavy atom. The molecule has 0 saturated carbocycles. The van der Waals surface area contributed by atoms with Gasteiger partial charge in [-0.2, -0.15) is 4.31 Å². The Balaban J connectivity index is 1.75. The quantitative estimate of drug-likeness (QED) is 0.812. The van der Waals surface area contributed by atoms with Crippen LogP contribution in [0.1, 0.15) is 17.5 Å². The zero-order valence-electron chi connectivity index (χ0n) is 15.6. The number of nitrogens with zero attached hydrogens (tertiary/aromatic N) is 2. The average Bonchev–Trinajstić information content (AvgIpc) is 3.20. The molecule has 1 saturated heterocycles. The average molecular weight is 386 g/mol. The Morgan fingerprint density at radius 1 is 1.15 bits per heavy atom. The van der Waals surface area contributed by atoms with Crippen LogP contribution in [0.5, 0.6) is 5.75 Å². The third-order valence-electron chi connectivity index (χ3n) is 5.66. The van der Waals surface area contributed by atoms with E-state index in [1.807, 2.05) is 31.2 Å². The number of benzene rings is 2. The number of rotatable bonds is 3. The van der Waals surface area contributed by atoms with Gasteiger partial charge in [0.25, 0.3) is 0 Å². The molecule has 2 heterocycles. The van der Waals surface area contributed by atoms with E-state index in [0.29, 0.717) is 18.7 Å². The molecular weight excluding hydrogens is 364 g/mol. The van der Waals surface area contributed by atoms with E-state index in [4.69, 9.17) is 4.74 Å². The predicted molar refractivity (Wildman–Crippen MR) is 103 cm³/mol. The molecule has 0 bridgehead atoms. The first-order valence-corrected chi connectivity index (χ1v) is 10.3. The first kappa shape index (κ1) is 18.0. The lowest BCUT2D eigenvalue weighted by molar-refractivity contribution is -0.122. The number of hydrogen-bond donors (Lipinski definition) is 0. The van der Waals surface area contributed by atoms with Gasteiger partial charge in [0.1, 0.15) is 5.75 Å². The summed E-state index contributed by atoms with van der Waals surface area (Å²) in [6.07, 6.45) is 0.460. The Labute approximate surface area is 159 Å². The number of methoxy groups -OCH3 is 1. The van der Waals surface area contributed by atoms with E-state index in [9.17, 15) is 13.2 Å². The summed E-state index contributed by atoms with van der Waals surface area (Å²) in [7, 11) is -0.335. The number of aryl methyl sites for hydroxylation is 1. The Bertz CT molecular complexity index is 1030. The van der Waals surface area contributed by atoms with Crippen LogP contribution in [-0.2, 0) is 20.2 Å². The summed E-state index contributed by atoms with van der Waals surface area (Å²) in [6.45, 7) is 2.32. The summed E-state index contributed by atoms with van der Waals surface area (Å²) >= 11 is 0. The SMILES string of the molecule is COc1ccc2c(c1)[C@@]1(CCN(S(=O)(=O)c3cccc(C)c3)C1)C(=O)N2C. The van der Waals surface area contributed by atoms with Crippen LogP contribution >= 0.6 is 0 Å². The van der Waals surface area contributed by atoms with Crippen LogP contribution in [0.25, 0.3) is 0 Å². The van der Waals surface area contributed by atoms with E-state index in [1.54, 1.807) is 37.3 Å². The number of anilines is 1. The van der Waals surface area contributed by atoms with Gasteiger partial charge in [-0.05, 0) is 54.8 Å². The second kappa shape index (κ2) is 6.07. The highest BCUT2D eigenvalue weighted by molar-refractivity contribution is 7.89. The topological polar surface area (TPSA) is 66.9 Å². The number of likely N-dealkylation sites (N-methyl/N-ethyl adjacent to an activating group) is 1. The van der Waals surface area contributed by atoms with Crippen molar-refractivity contribution in [1.29, 1.82) is 0 Å². The Kier molecular flexibility index (Phi) is 4.05. The lowest BCUT2D eigenvalue weighted by Crippen LogP contribution is -2.42. The van der Waals surface area contributed by atoms with Crippen LogP contribution in [0.4, 0.5) is 5.69 Å². The minimum absolute atomic E-state index is 0.0623. The van der Waals surface area contributed by atoms with Crippen molar-refractivity contribution in [2.45, 2.75) is 23.7 Å². The summed E-state index contributed by atoms with van der Waals surface area (Å²) in [5.74, 6) is 0.601. The third kappa shape index (κ3) is 2.56. The number of sulfonamides is 1. The second-order valence-corrected chi connectivity index (χ2v) is 9.17. The molecule has 2 aliphatic rings. The molecule has 2 aliphatic heterocycles. The van der Waals surface area contributed by atoms with Crippen LogP contribution in [-0.4, -0.2) is 45.9 Å². The van der Waals surface area contributed by atoms with Gasteiger partial charge in [-0.25, -0.2) is 8.42 Å². The molecule has 142 valence electrons. The number of carbonyl (C=O) groups excluding carboxylic acids is 1. The summed E-state index contributed by atoms with van der Waals surface area (Å²) in [5.41, 5.74) is 1.69. The molecular formula is C20H22N2O4S. The zero-order chi connectivity index (χ0) is 19.4. The summed E-state index contributed by atoms with van der Waals surface area (Å²) in [5, 5.41) is 0. The lowest BCUT2D eigenvalue weighted by Gasteiger charge is -2.23. The molecule has 1 atom stereocenters. The van der Waals surface area contributed by atoms with Gasteiger partial charge in [0.15, 0.2) is 0 Å². The molecule has 7 heteroatoms. The van der Waals surface area contributed by atoms with Gasteiger partial charge in [-0.3, -0.25) is 4.79 Å². The fraction of sp³-hybridized carbons (Fsp3) is 0.350. The largest absolute Gasteiger partial charge is 0.497 e. The van der Waals surface area contributed by atoms with Crippen LogP contribution in [0.2, 0.25) is 0 Å². The van der Waals surface area contributed by atoms with Crippen LogP contribution in [0, 0.1) is 6.92 Å². The van der Waals surface area contributed by atoms with Crippen molar-refractivity contribution in [1.82, 2.24) is 4.31 Å². The maximum absolute atomic E-state index is 13.1. The van der Waals surface area contributed by atoms with Gasteiger partial charge in [-0.1, -0.05) is 12.1 Å². The van der Waals surface area contributed by atoms with Crippen molar-refractivity contribution in [3.8, 4) is 5.75 Å². The maximum atomic E-state index is 13.1. The molecule has 2 aromatic carbocycles.